The van der Waals surface area contributed by atoms with Gasteiger partial charge in [0.25, 0.3) is 0 Å². The van der Waals surface area contributed by atoms with Crippen molar-refractivity contribution in [2.75, 3.05) is 18.9 Å². The predicted octanol–water partition coefficient (Wildman–Crippen LogP) is 2.01. The molecule has 1 aromatic carbocycles. The van der Waals surface area contributed by atoms with E-state index in [0.717, 1.165) is 6.07 Å². The van der Waals surface area contributed by atoms with Gasteiger partial charge in [0.1, 0.15) is 16.5 Å². The van der Waals surface area contributed by atoms with Crippen LogP contribution in [0.5, 0.6) is 0 Å². The summed E-state index contributed by atoms with van der Waals surface area (Å²) in [6.45, 7) is 5.14. The van der Waals surface area contributed by atoms with Crippen molar-refractivity contribution in [1.82, 2.24) is 10.0 Å². The number of carbonyl (C=O) groups is 1. The molecule has 1 aromatic rings. The Bertz CT molecular complexity index is 691. The fraction of sp³-hybridized carbons (Fsp3) is 0.500. The van der Waals surface area contributed by atoms with E-state index in [9.17, 15) is 22.0 Å². The van der Waals surface area contributed by atoms with Crippen molar-refractivity contribution in [2.24, 2.45) is 0 Å². The minimum atomic E-state index is -4.20. The summed E-state index contributed by atoms with van der Waals surface area (Å²) in [7, 11) is -2.55. The number of hydrogen-bond donors (Lipinski definition) is 3. The molecule has 1 rings (SSSR count). The molecular weight excluding hydrogens is 364 g/mol. The molecular formula is C14H22ClF2N3O3S. The first kappa shape index (κ1) is 22.7. The normalized spacial score (nSPS) is 11.8. The van der Waals surface area contributed by atoms with Gasteiger partial charge < -0.3 is 10.6 Å². The summed E-state index contributed by atoms with van der Waals surface area (Å²) in [5.74, 6) is -2.79. The molecule has 0 aliphatic rings. The van der Waals surface area contributed by atoms with Crippen molar-refractivity contribution >= 4 is 34.0 Å². The first-order chi connectivity index (χ1) is 10.5. The lowest BCUT2D eigenvalue weighted by Crippen LogP contribution is -2.40. The molecule has 0 bridgehead atoms. The average molecular weight is 386 g/mol. The number of carbonyl (C=O) groups excluding carboxylic acids is 1. The van der Waals surface area contributed by atoms with Gasteiger partial charge >= 0.3 is 0 Å². The Morgan fingerprint density at radius 2 is 1.75 bits per heavy atom. The summed E-state index contributed by atoms with van der Waals surface area (Å²) in [6.07, 6.45) is 0.0651. The highest BCUT2D eigenvalue weighted by atomic mass is 35.5. The highest BCUT2D eigenvalue weighted by Crippen LogP contribution is 2.24. The zero-order valence-electron chi connectivity index (χ0n) is 13.9. The maximum absolute atomic E-state index is 13.9. The van der Waals surface area contributed by atoms with Crippen molar-refractivity contribution in [3.63, 3.8) is 0 Å². The number of halogens is 3. The Hall–Kier alpha value is -1.29. The molecule has 0 spiro atoms. The van der Waals surface area contributed by atoms with Crippen molar-refractivity contribution in [1.29, 1.82) is 0 Å². The first-order valence-corrected chi connectivity index (χ1v) is 8.42. The third-order valence-corrected chi connectivity index (χ3v) is 4.40. The van der Waals surface area contributed by atoms with E-state index in [1.165, 1.54) is 0 Å². The molecule has 0 unspecified atom stereocenters. The largest absolute Gasteiger partial charge is 0.324 e. The number of hydrogen-bond acceptors (Lipinski definition) is 4. The SMILES string of the molecule is CNCCC(=O)Nc1cc(S(=O)(=O)NC(C)(C)C)c(F)cc1F.Cl. The van der Waals surface area contributed by atoms with Crippen LogP contribution in [0.1, 0.15) is 27.2 Å². The summed E-state index contributed by atoms with van der Waals surface area (Å²) >= 11 is 0. The van der Waals surface area contributed by atoms with Gasteiger partial charge in [-0.15, -0.1) is 12.4 Å². The van der Waals surface area contributed by atoms with Gasteiger partial charge in [-0.25, -0.2) is 21.9 Å². The molecule has 10 heteroatoms. The minimum absolute atomic E-state index is 0. The summed E-state index contributed by atoms with van der Waals surface area (Å²) < 4.78 is 54.3. The first-order valence-electron chi connectivity index (χ1n) is 6.94. The third-order valence-electron chi connectivity index (χ3n) is 2.63. The van der Waals surface area contributed by atoms with Crippen LogP contribution in [0.15, 0.2) is 17.0 Å². The molecule has 138 valence electrons. The molecule has 0 heterocycles. The van der Waals surface area contributed by atoms with Crippen LogP contribution in [-0.4, -0.2) is 33.5 Å². The Balaban J connectivity index is 0.00000529. The van der Waals surface area contributed by atoms with Gasteiger partial charge in [-0.2, -0.15) is 0 Å². The van der Waals surface area contributed by atoms with E-state index in [1.54, 1.807) is 27.8 Å². The zero-order valence-corrected chi connectivity index (χ0v) is 15.5. The quantitative estimate of drug-likeness (QED) is 0.699. The van der Waals surface area contributed by atoms with Crippen molar-refractivity contribution in [3.05, 3.63) is 23.8 Å². The van der Waals surface area contributed by atoms with E-state index in [2.05, 4.69) is 15.4 Å². The van der Waals surface area contributed by atoms with Gasteiger partial charge in [0.05, 0.1) is 5.69 Å². The molecule has 0 fully saturated rings. The van der Waals surface area contributed by atoms with Crippen molar-refractivity contribution < 1.29 is 22.0 Å². The predicted molar refractivity (Wildman–Crippen MR) is 90.9 cm³/mol. The monoisotopic (exact) mass is 385 g/mol. The van der Waals surface area contributed by atoms with Crippen LogP contribution < -0.4 is 15.4 Å². The summed E-state index contributed by atoms with van der Waals surface area (Å²) in [5.41, 5.74) is -1.22. The van der Waals surface area contributed by atoms with E-state index in [4.69, 9.17) is 0 Å². The van der Waals surface area contributed by atoms with Crippen LogP contribution in [0.2, 0.25) is 0 Å². The Morgan fingerprint density at radius 1 is 1.17 bits per heavy atom. The third kappa shape index (κ3) is 6.68. The molecule has 0 aliphatic heterocycles. The highest BCUT2D eigenvalue weighted by Gasteiger charge is 2.26. The topological polar surface area (TPSA) is 87.3 Å². The summed E-state index contributed by atoms with van der Waals surface area (Å²) in [4.78, 5) is 10.9. The lowest BCUT2D eigenvalue weighted by atomic mass is 10.1. The van der Waals surface area contributed by atoms with Crippen LogP contribution in [0, 0.1) is 11.6 Å². The molecule has 0 atom stereocenters. The van der Waals surface area contributed by atoms with Gasteiger partial charge in [0, 0.05) is 24.6 Å². The molecule has 24 heavy (non-hydrogen) atoms. The Kier molecular flexibility index (Phi) is 8.24. The van der Waals surface area contributed by atoms with Crippen LogP contribution in [0.4, 0.5) is 14.5 Å². The number of amides is 1. The van der Waals surface area contributed by atoms with Crippen LogP contribution in [0.25, 0.3) is 0 Å². The highest BCUT2D eigenvalue weighted by molar-refractivity contribution is 7.89. The van der Waals surface area contributed by atoms with Gasteiger partial charge in [0.15, 0.2) is 0 Å². The van der Waals surface area contributed by atoms with E-state index in [1.807, 2.05) is 0 Å². The molecule has 0 saturated carbocycles. The summed E-state index contributed by atoms with van der Waals surface area (Å²) in [6, 6.07) is 1.21. The Labute approximate surface area is 146 Å². The van der Waals surface area contributed by atoms with Gasteiger partial charge in [-0.3, -0.25) is 4.79 Å². The standard InChI is InChI=1S/C14H21F2N3O3S.ClH/c1-14(2,3)19-23(21,22)12-8-11(9(15)7-10(12)16)18-13(20)5-6-17-4;/h7-8,17,19H,5-6H2,1-4H3,(H,18,20);1H. The summed E-state index contributed by atoms with van der Waals surface area (Å²) in [5, 5.41) is 4.98. The average Bonchev–Trinajstić information content (AvgIpc) is 2.36. The van der Waals surface area contributed by atoms with Gasteiger partial charge in [-0.1, -0.05) is 0 Å². The smallest absolute Gasteiger partial charge is 0.244 e. The molecule has 6 nitrogen and oxygen atoms in total. The second kappa shape index (κ2) is 8.70. The van der Waals surface area contributed by atoms with Crippen LogP contribution in [-0.2, 0) is 14.8 Å². The van der Waals surface area contributed by atoms with E-state index in [0.29, 0.717) is 12.6 Å². The maximum Gasteiger partial charge on any atom is 0.244 e. The molecule has 0 aromatic heterocycles. The van der Waals surface area contributed by atoms with E-state index < -0.39 is 38.0 Å². The van der Waals surface area contributed by atoms with Crippen LogP contribution >= 0.6 is 12.4 Å². The molecule has 0 radical (unpaired) electrons. The number of nitrogens with one attached hydrogen (secondary N) is 3. The van der Waals surface area contributed by atoms with Crippen molar-refractivity contribution in [2.45, 2.75) is 37.6 Å². The second-order valence-electron chi connectivity index (χ2n) is 6.02. The number of benzene rings is 1. The molecule has 1 amide bonds. The molecule has 3 N–H and O–H groups in total. The zero-order chi connectivity index (χ0) is 17.8. The lowest BCUT2D eigenvalue weighted by molar-refractivity contribution is -0.116. The van der Waals surface area contributed by atoms with E-state index >= 15 is 0 Å². The van der Waals surface area contributed by atoms with Gasteiger partial charge in [-0.05, 0) is 33.9 Å². The minimum Gasteiger partial charge on any atom is -0.324 e. The lowest BCUT2D eigenvalue weighted by Gasteiger charge is -2.21. The fourth-order valence-corrected chi connectivity index (χ4v) is 3.24. The number of sulfonamides is 1. The van der Waals surface area contributed by atoms with E-state index in [-0.39, 0.29) is 24.5 Å². The second-order valence-corrected chi connectivity index (χ2v) is 7.67. The number of rotatable bonds is 6. The molecule has 0 aliphatic carbocycles. The number of anilines is 1. The van der Waals surface area contributed by atoms with Gasteiger partial charge in [0.2, 0.25) is 15.9 Å². The fourth-order valence-electron chi connectivity index (χ4n) is 1.74. The maximum atomic E-state index is 13.9. The molecule has 0 saturated heterocycles. The van der Waals surface area contributed by atoms with Crippen LogP contribution in [0.3, 0.4) is 0 Å². The van der Waals surface area contributed by atoms with Crippen molar-refractivity contribution in [3.8, 4) is 0 Å². The Morgan fingerprint density at radius 3 is 2.25 bits per heavy atom.